The van der Waals surface area contributed by atoms with Gasteiger partial charge in [-0.15, -0.1) is 6.58 Å². The molecule has 4 rings (SSSR count). The molecule has 3 fully saturated rings. The molecule has 2 amide bonds. The molecule has 0 aliphatic carbocycles. The number of alkyl halides is 1. The van der Waals surface area contributed by atoms with Crippen LogP contribution in [0.4, 0.5) is 5.69 Å². The number of aliphatic hydroxyl groups excluding tert-OH is 1. The maximum absolute atomic E-state index is 14.4. The monoisotopic (exact) mass is 564 g/mol. The van der Waals surface area contributed by atoms with Crippen molar-refractivity contribution in [3.05, 3.63) is 36.9 Å². The maximum Gasteiger partial charge on any atom is 0.310 e. The van der Waals surface area contributed by atoms with Crippen LogP contribution in [0.5, 0.6) is 5.75 Å². The van der Waals surface area contributed by atoms with Gasteiger partial charge in [0.1, 0.15) is 17.4 Å². The van der Waals surface area contributed by atoms with Crippen LogP contribution in [0.3, 0.4) is 0 Å². The van der Waals surface area contributed by atoms with Crippen LogP contribution in [-0.2, 0) is 19.1 Å². The summed E-state index contributed by atoms with van der Waals surface area (Å²) in [6.45, 7) is 7.56. The van der Waals surface area contributed by atoms with E-state index in [4.69, 9.17) is 9.47 Å². The average Bonchev–Trinajstić information content (AvgIpc) is 3.44. The highest BCUT2D eigenvalue weighted by Crippen LogP contribution is 2.60. The topological polar surface area (TPSA) is 117 Å². The number of carbonyl (C=O) groups is 3. The lowest BCUT2D eigenvalue weighted by molar-refractivity contribution is -0.151. The van der Waals surface area contributed by atoms with Crippen molar-refractivity contribution in [2.24, 2.45) is 17.8 Å². The Morgan fingerprint density at radius 2 is 2.03 bits per heavy atom. The second kappa shape index (κ2) is 10.1. The summed E-state index contributed by atoms with van der Waals surface area (Å²) in [6, 6.07) is 5.21. The summed E-state index contributed by atoms with van der Waals surface area (Å²) in [4.78, 5) is 43.3. The molecular weight excluding hydrogens is 532 g/mol. The average molecular weight is 565 g/mol. The van der Waals surface area contributed by atoms with Crippen molar-refractivity contribution in [2.45, 2.75) is 55.3 Å². The van der Waals surface area contributed by atoms with E-state index in [-0.39, 0.29) is 23.9 Å². The van der Waals surface area contributed by atoms with Gasteiger partial charge < -0.3 is 29.5 Å². The smallest absolute Gasteiger partial charge is 0.310 e. The van der Waals surface area contributed by atoms with Gasteiger partial charge >= 0.3 is 5.97 Å². The third-order valence-electron chi connectivity index (χ3n) is 7.56. The first-order valence-electron chi connectivity index (χ1n) is 12.1. The van der Waals surface area contributed by atoms with Crippen molar-refractivity contribution < 1.29 is 34.1 Å². The van der Waals surface area contributed by atoms with Crippen molar-refractivity contribution in [3.8, 4) is 5.75 Å². The first-order chi connectivity index (χ1) is 17.1. The summed E-state index contributed by atoms with van der Waals surface area (Å²) < 4.78 is 11.6. The first-order valence-corrected chi connectivity index (χ1v) is 13.1. The minimum Gasteiger partial charge on any atom is -0.497 e. The SMILES string of the molecule is C=CCN(C(=O)C1N([C@@H](CO)CC(C)C)C(=O)[C@@H]2[C@@H](C(=O)O)[C@@H]3OC12CC3Br)c1ccc(OC)cc1. The molecule has 7 atom stereocenters. The van der Waals surface area contributed by atoms with Crippen LogP contribution in [0.2, 0.25) is 0 Å². The number of methoxy groups -OCH3 is 1. The molecule has 3 saturated heterocycles. The van der Waals surface area contributed by atoms with Gasteiger partial charge in [0.2, 0.25) is 5.91 Å². The number of halogens is 1. The molecule has 0 radical (unpaired) electrons. The molecule has 3 unspecified atom stereocenters. The Hall–Kier alpha value is -2.43. The van der Waals surface area contributed by atoms with E-state index in [1.807, 2.05) is 13.8 Å². The van der Waals surface area contributed by atoms with Crippen molar-refractivity contribution in [1.29, 1.82) is 0 Å². The molecule has 196 valence electrons. The van der Waals surface area contributed by atoms with Gasteiger partial charge in [0.05, 0.1) is 37.7 Å². The van der Waals surface area contributed by atoms with Gasteiger partial charge in [0.15, 0.2) is 0 Å². The van der Waals surface area contributed by atoms with Crippen molar-refractivity contribution in [3.63, 3.8) is 0 Å². The Balaban J connectivity index is 1.83. The number of amides is 2. The predicted molar refractivity (Wildman–Crippen MR) is 136 cm³/mol. The van der Waals surface area contributed by atoms with Crippen molar-refractivity contribution >= 4 is 39.4 Å². The molecule has 9 nitrogen and oxygen atoms in total. The molecule has 1 aromatic carbocycles. The number of ether oxygens (including phenoxy) is 2. The summed E-state index contributed by atoms with van der Waals surface area (Å²) in [5, 5.41) is 20.4. The van der Waals surface area contributed by atoms with Gasteiger partial charge in [-0.05, 0) is 43.0 Å². The minimum atomic E-state index is -1.31. The van der Waals surface area contributed by atoms with Crippen LogP contribution in [0.15, 0.2) is 36.9 Å². The fraction of sp³-hybridized carbons (Fsp3) is 0.577. The number of carboxylic acid groups (broad SMARTS) is 1. The zero-order chi connectivity index (χ0) is 26.4. The van der Waals surface area contributed by atoms with Gasteiger partial charge in [0.25, 0.3) is 5.91 Å². The lowest BCUT2D eigenvalue weighted by Gasteiger charge is -2.39. The number of aliphatic carboxylic acids is 1. The third-order valence-corrected chi connectivity index (χ3v) is 8.40. The van der Waals surface area contributed by atoms with Gasteiger partial charge in [-0.3, -0.25) is 14.4 Å². The summed E-state index contributed by atoms with van der Waals surface area (Å²) in [5.41, 5.74) is -0.734. The van der Waals surface area contributed by atoms with Crippen LogP contribution >= 0.6 is 15.9 Å². The van der Waals surface area contributed by atoms with E-state index in [9.17, 15) is 24.6 Å². The number of carboxylic acids is 1. The molecule has 3 aliphatic heterocycles. The van der Waals surface area contributed by atoms with Crippen LogP contribution in [0.25, 0.3) is 0 Å². The Bertz CT molecular complexity index is 1030. The highest BCUT2D eigenvalue weighted by Gasteiger charge is 2.77. The molecule has 1 spiro atoms. The molecule has 2 N–H and O–H groups in total. The summed E-state index contributed by atoms with van der Waals surface area (Å²) in [7, 11) is 1.55. The Kier molecular flexibility index (Phi) is 7.50. The molecule has 1 aromatic rings. The fourth-order valence-electron chi connectivity index (χ4n) is 6.20. The molecule has 3 heterocycles. The van der Waals surface area contributed by atoms with E-state index in [2.05, 4.69) is 22.5 Å². The molecule has 36 heavy (non-hydrogen) atoms. The number of likely N-dealkylation sites (tertiary alicyclic amines) is 1. The van der Waals surface area contributed by atoms with E-state index >= 15 is 0 Å². The predicted octanol–water partition coefficient (Wildman–Crippen LogP) is 2.45. The quantitative estimate of drug-likeness (QED) is 0.331. The van der Waals surface area contributed by atoms with Gasteiger partial charge in [-0.25, -0.2) is 0 Å². The fourth-order valence-corrected chi connectivity index (χ4v) is 7.15. The Labute approximate surface area is 219 Å². The highest BCUT2D eigenvalue weighted by molar-refractivity contribution is 9.09. The number of fused-ring (bicyclic) bond motifs is 1. The highest BCUT2D eigenvalue weighted by atomic mass is 79.9. The van der Waals surface area contributed by atoms with Gasteiger partial charge in [-0.2, -0.15) is 0 Å². The van der Waals surface area contributed by atoms with E-state index < -0.39 is 53.4 Å². The minimum absolute atomic E-state index is 0.131. The van der Waals surface area contributed by atoms with E-state index in [0.29, 0.717) is 24.3 Å². The number of hydrogen-bond donors (Lipinski definition) is 2. The molecule has 0 saturated carbocycles. The van der Waals surface area contributed by atoms with Crippen LogP contribution < -0.4 is 9.64 Å². The summed E-state index contributed by atoms with van der Waals surface area (Å²) in [5.74, 6) is -3.30. The van der Waals surface area contributed by atoms with Crippen LogP contribution in [0.1, 0.15) is 26.7 Å². The molecule has 0 aromatic heterocycles. The second-order valence-corrected chi connectivity index (χ2v) is 11.3. The van der Waals surface area contributed by atoms with Crippen LogP contribution in [0, 0.1) is 17.8 Å². The number of anilines is 1. The van der Waals surface area contributed by atoms with E-state index in [1.54, 1.807) is 37.5 Å². The standard InChI is InChI=1S/C26H33BrN2O7/c1-5-10-28(15-6-8-17(35-4)9-7-15)24(32)22-26-12-18(27)21(36-26)19(25(33)34)20(26)23(31)29(22)16(13-30)11-14(2)3/h5-9,14,16,18-22,30H,1,10-13H2,2-4H3,(H,33,34)/t16-,18?,19-,20+,21-,22?,26?/m1/s1. The molecule has 2 bridgehead atoms. The normalized spacial score (nSPS) is 31.4. The third kappa shape index (κ3) is 4.13. The second-order valence-electron chi connectivity index (χ2n) is 10.1. The van der Waals surface area contributed by atoms with Gasteiger partial charge in [0, 0.05) is 17.1 Å². The number of benzene rings is 1. The Morgan fingerprint density at radius 3 is 2.56 bits per heavy atom. The molecule has 3 aliphatic rings. The zero-order valence-electron chi connectivity index (χ0n) is 20.7. The zero-order valence-corrected chi connectivity index (χ0v) is 22.3. The lowest BCUT2D eigenvalue weighted by Crippen LogP contribution is -2.59. The number of nitrogens with zero attached hydrogens (tertiary/aromatic N) is 2. The molecule has 10 heteroatoms. The van der Waals surface area contributed by atoms with E-state index in [0.717, 1.165) is 0 Å². The van der Waals surface area contributed by atoms with Crippen molar-refractivity contribution in [1.82, 2.24) is 4.90 Å². The van der Waals surface area contributed by atoms with Crippen LogP contribution in [-0.4, -0.2) is 81.8 Å². The first kappa shape index (κ1) is 26.6. The van der Waals surface area contributed by atoms with Crippen molar-refractivity contribution in [2.75, 3.05) is 25.2 Å². The number of hydrogen-bond acceptors (Lipinski definition) is 6. The lowest BCUT2D eigenvalue weighted by atomic mass is 9.70. The number of carbonyl (C=O) groups excluding carboxylic acids is 2. The molecular formula is C26H33BrN2O7. The van der Waals surface area contributed by atoms with Gasteiger partial charge in [-0.1, -0.05) is 35.9 Å². The number of aliphatic hydroxyl groups is 1. The maximum atomic E-state index is 14.4. The van der Waals surface area contributed by atoms with E-state index in [1.165, 1.54) is 9.80 Å². The largest absolute Gasteiger partial charge is 0.497 e. The summed E-state index contributed by atoms with van der Waals surface area (Å²) >= 11 is 3.55. The Morgan fingerprint density at radius 1 is 1.36 bits per heavy atom. The summed E-state index contributed by atoms with van der Waals surface area (Å²) in [6.07, 6.45) is 1.64. The number of rotatable bonds is 10.